The molecular weight excluding hydrogens is 460 g/mol. The van der Waals surface area contributed by atoms with Gasteiger partial charge in [0.25, 0.3) is 5.56 Å². The van der Waals surface area contributed by atoms with Crippen LogP contribution in [-0.2, 0) is 23.8 Å². The Morgan fingerprint density at radius 2 is 1.80 bits per heavy atom. The van der Waals surface area contributed by atoms with Crippen molar-refractivity contribution in [3.8, 4) is 0 Å². The van der Waals surface area contributed by atoms with Gasteiger partial charge in [0.15, 0.2) is 5.16 Å². The smallest absolute Gasteiger partial charge is 0.262 e. The van der Waals surface area contributed by atoms with Crippen LogP contribution < -0.4 is 10.9 Å². The first-order valence-corrected chi connectivity index (χ1v) is 13.1. The quantitative estimate of drug-likeness (QED) is 0.350. The molecule has 0 aliphatic rings. The number of carbonyl (C=O) groups is 1. The van der Waals surface area contributed by atoms with Gasteiger partial charge in [-0.15, -0.1) is 0 Å². The number of benzene rings is 1. The zero-order chi connectivity index (χ0) is 25.9. The number of aromatic nitrogens is 4. The van der Waals surface area contributed by atoms with Gasteiger partial charge in [0.2, 0.25) is 5.91 Å². The minimum Gasteiger partial charge on any atom is -0.310 e. The molecule has 0 spiro atoms. The van der Waals surface area contributed by atoms with Crippen LogP contribution in [0.25, 0.3) is 10.9 Å². The maximum atomic E-state index is 13.4. The number of para-hydroxylation sites is 1. The molecule has 35 heavy (non-hydrogen) atoms. The molecule has 190 valence electrons. The van der Waals surface area contributed by atoms with Gasteiger partial charge in [0, 0.05) is 43.7 Å². The lowest BCUT2D eigenvalue weighted by Crippen LogP contribution is -2.40. The van der Waals surface area contributed by atoms with E-state index in [0.29, 0.717) is 40.5 Å². The van der Waals surface area contributed by atoms with Crippen LogP contribution in [0.4, 0.5) is 5.82 Å². The Kier molecular flexibility index (Phi) is 8.43. The van der Waals surface area contributed by atoms with Crippen LogP contribution in [0.2, 0.25) is 0 Å². The fourth-order valence-electron chi connectivity index (χ4n) is 4.04. The van der Waals surface area contributed by atoms with Crippen LogP contribution in [0.15, 0.2) is 40.3 Å². The predicted molar refractivity (Wildman–Crippen MR) is 144 cm³/mol. The molecule has 9 heteroatoms. The maximum Gasteiger partial charge on any atom is 0.262 e. The van der Waals surface area contributed by atoms with Crippen molar-refractivity contribution in [1.82, 2.24) is 24.2 Å². The van der Waals surface area contributed by atoms with Gasteiger partial charge < -0.3 is 5.32 Å². The van der Waals surface area contributed by atoms with E-state index in [0.717, 1.165) is 12.2 Å². The molecule has 1 aromatic carbocycles. The van der Waals surface area contributed by atoms with Gasteiger partial charge in [0.05, 0.1) is 22.3 Å². The predicted octanol–water partition coefficient (Wildman–Crippen LogP) is 4.28. The van der Waals surface area contributed by atoms with E-state index in [4.69, 9.17) is 4.98 Å². The summed E-state index contributed by atoms with van der Waals surface area (Å²) in [7, 11) is 1.82. The Balaban J connectivity index is 1.82. The second-order valence-corrected chi connectivity index (χ2v) is 11.4. The molecule has 0 saturated heterocycles. The summed E-state index contributed by atoms with van der Waals surface area (Å²) in [5.74, 6) is 0.617. The van der Waals surface area contributed by atoms with Gasteiger partial charge in [-0.25, -0.2) is 4.98 Å². The second-order valence-electron chi connectivity index (χ2n) is 10.4. The molecule has 0 radical (unpaired) electrons. The van der Waals surface area contributed by atoms with Gasteiger partial charge >= 0.3 is 0 Å². The molecule has 0 bridgehead atoms. The van der Waals surface area contributed by atoms with Crippen molar-refractivity contribution in [2.45, 2.75) is 77.7 Å². The standard InChI is InChI=1S/C26H38N6O2S/c1-17(2)31(18(3)4)13-14-32-24(34)19-11-9-10-12-20(19)27-25(32)35-16-23(33)28-22-15-21(26(5,6)7)29-30(22)8/h9-12,15,17-18H,13-14,16H2,1-8H3,(H,28,33). The van der Waals surface area contributed by atoms with E-state index in [1.165, 1.54) is 11.8 Å². The number of carbonyl (C=O) groups excluding carboxylic acids is 1. The number of hydrogen-bond donors (Lipinski definition) is 1. The molecule has 0 aliphatic carbocycles. The normalized spacial score (nSPS) is 12.3. The zero-order valence-corrected chi connectivity index (χ0v) is 22.9. The first-order chi connectivity index (χ1) is 16.4. The van der Waals surface area contributed by atoms with E-state index < -0.39 is 0 Å². The van der Waals surface area contributed by atoms with E-state index in [2.05, 4.69) is 63.8 Å². The number of fused-ring (bicyclic) bond motifs is 1. The van der Waals surface area contributed by atoms with Crippen molar-refractivity contribution >= 4 is 34.4 Å². The third-order valence-corrected chi connectivity index (χ3v) is 6.96. The first kappa shape index (κ1) is 26.9. The highest BCUT2D eigenvalue weighted by Gasteiger charge is 2.21. The summed E-state index contributed by atoms with van der Waals surface area (Å²) in [6.07, 6.45) is 0. The Morgan fingerprint density at radius 1 is 1.14 bits per heavy atom. The molecule has 0 fully saturated rings. The number of anilines is 1. The average Bonchev–Trinajstić information content (AvgIpc) is 3.14. The van der Waals surface area contributed by atoms with Crippen LogP contribution in [0.1, 0.15) is 54.2 Å². The van der Waals surface area contributed by atoms with E-state index >= 15 is 0 Å². The third kappa shape index (κ3) is 6.52. The molecule has 2 heterocycles. The maximum absolute atomic E-state index is 13.4. The highest BCUT2D eigenvalue weighted by molar-refractivity contribution is 7.99. The third-order valence-electron chi connectivity index (χ3n) is 5.98. The van der Waals surface area contributed by atoms with Gasteiger partial charge in [-0.3, -0.25) is 23.7 Å². The Hall–Kier alpha value is -2.65. The molecule has 1 N–H and O–H groups in total. The van der Waals surface area contributed by atoms with Crippen molar-refractivity contribution in [1.29, 1.82) is 0 Å². The van der Waals surface area contributed by atoms with Crippen LogP contribution >= 0.6 is 11.8 Å². The van der Waals surface area contributed by atoms with E-state index in [1.807, 2.05) is 31.3 Å². The summed E-state index contributed by atoms with van der Waals surface area (Å²) in [6.45, 7) is 16.1. The van der Waals surface area contributed by atoms with Crippen molar-refractivity contribution in [3.05, 3.63) is 46.4 Å². The number of amides is 1. The highest BCUT2D eigenvalue weighted by atomic mass is 32.2. The molecule has 3 rings (SSSR count). The average molecular weight is 499 g/mol. The molecule has 3 aromatic rings. The minimum atomic E-state index is -0.168. The Bertz CT molecular complexity index is 1230. The number of nitrogens with zero attached hydrogens (tertiary/aromatic N) is 5. The Labute approximate surface area is 212 Å². The molecule has 1 amide bonds. The van der Waals surface area contributed by atoms with Gasteiger partial charge in [0.1, 0.15) is 5.82 Å². The molecule has 0 unspecified atom stereocenters. The fourth-order valence-corrected chi connectivity index (χ4v) is 4.87. The lowest BCUT2D eigenvalue weighted by Gasteiger charge is -2.30. The monoisotopic (exact) mass is 498 g/mol. The van der Waals surface area contributed by atoms with E-state index in [9.17, 15) is 9.59 Å². The summed E-state index contributed by atoms with van der Waals surface area (Å²) in [5.41, 5.74) is 1.36. The fraction of sp³-hybridized carbons (Fsp3) is 0.538. The number of rotatable bonds is 9. The molecule has 0 saturated carbocycles. The van der Waals surface area contributed by atoms with E-state index in [1.54, 1.807) is 15.3 Å². The molecular formula is C26H38N6O2S. The van der Waals surface area contributed by atoms with Crippen molar-refractivity contribution in [3.63, 3.8) is 0 Å². The minimum absolute atomic E-state index is 0.0765. The van der Waals surface area contributed by atoms with E-state index in [-0.39, 0.29) is 22.6 Å². The first-order valence-electron chi connectivity index (χ1n) is 12.1. The molecule has 0 atom stereocenters. The largest absolute Gasteiger partial charge is 0.310 e. The summed E-state index contributed by atoms with van der Waals surface area (Å²) < 4.78 is 3.39. The Morgan fingerprint density at radius 3 is 2.40 bits per heavy atom. The molecule has 2 aromatic heterocycles. The van der Waals surface area contributed by atoms with Crippen molar-refractivity contribution in [2.24, 2.45) is 7.05 Å². The second kappa shape index (κ2) is 11.0. The molecule has 8 nitrogen and oxygen atoms in total. The van der Waals surface area contributed by atoms with Gasteiger partial charge in [-0.2, -0.15) is 5.10 Å². The number of thioether (sulfide) groups is 1. The van der Waals surface area contributed by atoms with Crippen molar-refractivity contribution in [2.75, 3.05) is 17.6 Å². The lowest BCUT2D eigenvalue weighted by atomic mass is 9.92. The summed E-state index contributed by atoms with van der Waals surface area (Å²) >= 11 is 1.28. The zero-order valence-electron chi connectivity index (χ0n) is 22.1. The number of aryl methyl sites for hydroxylation is 1. The van der Waals surface area contributed by atoms with Gasteiger partial charge in [-0.05, 0) is 39.8 Å². The summed E-state index contributed by atoms with van der Waals surface area (Å²) in [4.78, 5) is 33.3. The molecule has 0 aliphatic heterocycles. The van der Waals surface area contributed by atoms with Crippen LogP contribution in [-0.4, -0.2) is 54.5 Å². The topological polar surface area (TPSA) is 85.1 Å². The SMILES string of the molecule is CC(C)N(CCn1c(SCC(=O)Nc2cc(C(C)(C)C)nn2C)nc2ccccc2c1=O)C(C)C. The number of nitrogens with one attached hydrogen (secondary N) is 1. The van der Waals surface area contributed by atoms with Crippen LogP contribution in [0, 0.1) is 0 Å². The van der Waals surface area contributed by atoms with Crippen LogP contribution in [0.3, 0.4) is 0 Å². The summed E-state index contributed by atoms with van der Waals surface area (Å²) in [5, 5.41) is 8.60. The van der Waals surface area contributed by atoms with Crippen LogP contribution in [0.5, 0.6) is 0 Å². The highest BCUT2D eigenvalue weighted by Crippen LogP contribution is 2.24. The summed E-state index contributed by atoms with van der Waals surface area (Å²) in [6, 6.07) is 9.98. The van der Waals surface area contributed by atoms with Crippen molar-refractivity contribution < 1.29 is 4.79 Å². The lowest BCUT2D eigenvalue weighted by molar-refractivity contribution is -0.113. The van der Waals surface area contributed by atoms with Gasteiger partial charge in [-0.1, -0.05) is 44.7 Å². The number of hydrogen-bond acceptors (Lipinski definition) is 6.